The SMILES string of the molecule is CCN(Cc1ccccc1)S(=O)(=O)c1ccc(F)c(C(=O)Nc2ccc(OC)cc2)c1. The molecule has 0 saturated carbocycles. The molecule has 31 heavy (non-hydrogen) atoms. The maximum absolute atomic E-state index is 14.4. The molecule has 162 valence electrons. The standard InChI is InChI=1S/C23H23FN2O4S/c1-3-26(16-17-7-5-4-6-8-17)31(28,29)20-13-14-22(24)21(15-20)23(27)25-18-9-11-19(30-2)12-10-18/h4-15H,3,16H2,1-2H3,(H,25,27). The molecular weight excluding hydrogens is 419 g/mol. The average Bonchev–Trinajstić information content (AvgIpc) is 2.78. The van der Waals surface area contributed by atoms with E-state index in [1.54, 1.807) is 31.2 Å². The Balaban J connectivity index is 1.86. The number of nitrogens with one attached hydrogen (secondary N) is 1. The molecule has 3 rings (SSSR count). The molecule has 6 nitrogen and oxygen atoms in total. The Bertz CT molecular complexity index is 1150. The summed E-state index contributed by atoms with van der Waals surface area (Å²) in [7, 11) is -2.41. The fourth-order valence-corrected chi connectivity index (χ4v) is 4.48. The zero-order valence-electron chi connectivity index (χ0n) is 17.2. The number of hydrogen-bond acceptors (Lipinski definition) is 4. The van der Waals surface area contributed by atoms with Crippen molar-refractivity contribution in [3.05, 3.63) is 89.7 Å². The summed E-state index contributed by atoms with van der Waals surface area (Å²) >= 11 is 0. The van der Waals surface area contributed by atoms with Crippen LogP contribution in [0.1, 0.15) is 22.8 Å². The second kappa shape index (κ2) is 9.72. The van der Waals surface area contributed by atoms with Crippen LogP contribution in [-0.4, -0.2) is 32.3 Å². The Labute approximate surface area is 181 Å². The van der Waals surface area contributed by atoms with E-state index in [1.165, 1.54) is 17.5 Å². The summed E-state index contributed by atoms with van der Waals surface area (Å²) in [5.74, 6) is -0.947. The van der Waals surface area contributed by atoms with E-state index in [0.717, 1.165) is 17.7 Å². The molecule has 0 heterocycles. The fourth-order valence-electron chi connectivity index (χ4n) is 3.01. The zero-order valence-corrected chi connectivity index (χ0v) is 18.0. The predicted molar refractivity (Wildman–Crippen MR) is 117 cm³/mol. The molecule has 0 spiro atoms. The summed E-state index contributed by atoms with van der Waals surface area (Å²) in [5, 5.41) is 2.57. The molecule has 0 saturated heterocycles. The summed E-state index contributed by atoms with van der Waals surface area (Å²) in [6.07, 6.45) is 0. The van der Waals surface area contributed by atoms with Gasteiger partial charge in [0.1, 0.15) is 11.6 Å². The number of rotatable bonds is 8. The van der Waals surface area contributed by atoms with Crippen LogP contribution in [0.15, 0.2) is 77.7 Å². The van der Waals surface area contributed by atoms with Crippen LogP contribution in [0.4, 0.5) is 10.1 Å². The van der Waals surface area contributed by atoms with Gasteiger partial charge in [-0.3, -0.25) is 4.79 Å². The molecule has 0 bridgehead atoms. The molecule has 0 aliphatic rings. The summed E-state index contributed by atoms with van der Waals surface area (Å²) in [5.41, 5.74) is 0.901. The van der Waals surface area contributed by atoms with E-state index >= 15 is 0 Å². The van der Waals surface area contributed by atoms with Gasteiger partial charge in [0.15, 0.2) is 0 Å². The lowest BCUT2D eigenvalue weighted by Gasteiger charge is -2.21. The van der Waals surface area contributed by atoms with Crippen molar-refractivity contribution in [1.29, 1.82) is 0 Å². The molecule has 0 atom stereocenters. The summed E-state index contributed by atoms with van der Waals surface area (Å²) in [6, 6.07) is 18.9. The molecule has 0 aliphatic carbocycles. The minimum atomic E-state index is -3.93. The van der Waals surface area contributed by atoms with Crippen LogP contribution < -0.4 is 10.1 Å². The molecule has 0 unspecified atom stereocenters. The molecular formula is C23H23FN2O4S. The smallest absolute Gasteiger partial charge is 0.258 e. The van der Waals surface area contributed by atoms with Crippen molar-refractivity contribution in [2.45, 2.75) is 18.4 Å². The van der Waals surface area contributed by atoms with Gasteiger partial charge in [-0.25, -0.2) is 12.8 Å². The lowest BCUT2D eigenvalue weighted by atomic mass is 10.2. The van der Waals surface area contributed by atoms with E-state index in [9.17, 15) is 17.6 Å². The Morgan fingerprint density at radius 2 is 1.71 bits per heavy atom. The van der Waals surface area contributed by atoms with Crippen LogP contribution in [0.3, 0.4) is 0 Å². The quantitative estimate of drug-likeness (QED) is 0.565. The number of nitrogens with zero attached hydrogens (tertiary/aromatic N) is 1. The van der Waals surface area contributed by atoms with E-state index < -0.39 is 21.7 Å². The number of carbonyl (C=O) groups excluding carboxylic acids is 1. The molecule has 3 aromatic rings. The first-order chi connectivity index (χ1) is 14.8. The number of hydrogen-bond donors (Lipinski definition) is 1. The fraction of sp³-hybridized carbons (Fsp3) is 0.174. The second-order valence-corrected chi connectivity index (χ2v) is 8.68. The third-order valence-electron chi connectivity index (χ3n) is 4.72. The minimum Gasteiger partial charge on any atom is -0.497 e. The number of ether oxygens (including phenoxy) is 1. The first kappa shape index (κ1) is 22.5. The van der Waals surface area contributed by atoms with Crippen LogP contribution in [0.5, 0.6) is 5.75 Å². The molecule has 8 heteroatoms. The normalized spacial score (nSPS) is 11.4. The highest BCUT2D eigenvalue weighted by molar-refractivity contribution is 7.89. The summed E-state index contributed by atoms with van der Waals surface area (Å²) in [6.45, 7) is 2.12. The zero-order chi connectivity index (χ0) is 22.4. The van der Waals surface area contributed by atoms with Crippen molar-refractivity contribution in [1.82, 2.24) is 4.31 Å². The highest BCUT2D eigenvalue weighted by atomic mass is 32.2. The summed E-state index contributed by atoms with van der Waals surface area (Å²) in [4.78, 5) is 12.5. The largest absolute Gasteiger partial charge is 0.497 e. The van der Waals surface area contributed by atoms with E-state index in [0.29, 0.717) is 11.4 Å². The Morgan fingerprint density at radius 3 is 2.32 bits per heavy atom. The monoisotopic (exact) mass is 442 g/mol. The number of amides is 1. The average molecular weight is 443 g/mol. The van der Waals surface area contributed by atoms with Gasteiger partial charge in [-0.15, -0.1) is 0 Å². The number of halogens is 1. The maximum Gasteiger partial charge on any atom is 0.258 e. The van der Waals surface area contributed by atoms with Crippen LogP contribution in [0.25, 0.3) is 0 Å². The highest BCUT2D eigenvalue weighted by Crippen LogP contribution is 2.22. The van der Waals surface area contributed by atoms with Crippen molar-refractivity contribution in [2.24, 2.45) is 0 Å². The van der Waals surface area contributed by atoms with E-state index in [2.05, 4.69) is 5.32 Å². The number of methoxy groups -OCH3 is 1. The van der Waals surface area contributed by atoms with Gasteiger partial charge in [0.25, 0.3) is 5.91 Å². The Morgan fingerprint density at radius 1 is 1.03 bits per heavy atom. The molecule has 1 N–H and O–H groups in total. The van der Waals surface area contributed by atoms with Crippen molar-refractivity contribution in [3.63, 3.8) is 0 Å². The Kier molecular flexibility index (Phi) is 7.04. The topological polar surface area (TPSA) is 75.7 Å². The Hall–Kier alpha value is -3.23. The number of sulfonamides is 1. The van der Waals surface area contributed by atoms with E-state index in [4.69, 9.17) is 4.74 Å². The van der Waals surface area contributed by atoms with Crippen LogP contribution in [-0.2, 0) is 16.6 Å². The van der Waals surface area contributed by atoms with Crippen LogP contribution in [0, 0.1) is 5.82 Å². The van der Waals surface area contributed by atoms with Gasteiger partial charge in [0.2, 0.25) is 10.0 Å². The third kappa shape index (κ3) is 5.28. The molecule has 0 aliphatic heterocycles. The van der Waals surface area contributed by atoms with Gasteiger partial charge < -0.3 is 10.1 Å². The van der Waals surface area contributed by atoms with Crippen molar-refractivity contribution in [3.8, 4) is 5.75 Å². The molecule has 0 fully saturated rings. The van der Waals surface area contributed by atoms with Crippen molar-refractivity contribution < 1.29 is 22.3 Å². The molecule has 0 radical (unpaired) electrons. The number of benzene rings is 3. The van der Waals surface area contributed by atoms with Gasteiger partial charge in [0.05, 0.1) is 17.6 Å². The van der Waals surface area contributed by atoms with Crippen LogP contribution in [0.2, 0.25) is 0 Å². The van der Waals surface area contributed by atoms with Gasteiger partial charge >= 0.3 is 0 Å². The van der Waals surface area contributed by atoms with E-state index in [-0.39, 0.29) is 23.5 Å². The lowest BCUT2D eigenvalue weighted by molar-refractivity contribution is 0.102. The summed E-state index contributed by atoms with van der Waals surface area (Å²) < 4.78 is 47.0. The number of carbonyl (C=O) groups is 1. The minimum absolute atomic E-state index is 0.147. The van der Waals surface area contributed by atoms with Crippen molar-refractivity contribution in [2.75, 3.05) is 19.0 Å². The number of anilines is 1. The predicted octanol–water partition coefficient (Wildman–Crippen LogP) is 4.30. The first-order valence-corrected chi connectivity index (χ1v) is 11.1. The molecule has 0 aromatic heterocycles. The highest BCUT2D eigenvalue weighted by Gasteiger charge is 2.25. The molecule has 1 amide bonds. The van der Waals surface area contributed by atoms with Crippen LogP contribution >= 0.6 is 0 Å². The van der Waals surface area contributed by atoms with Gasteiger partial charge in [-0.1, -0.05) is 37.3 Å². The van der Waals surface area contributed by atoms with Gasteiger partial charge in [-0.05, 0) is 48.0 Å². The maximum atomic E-state index is 14.4. The molecule has 3 aromatic carbocycles. The van der Waals surface area contributed by atoms with Crippen molar-refractivity contribution >= 4 is 21.6 Å². The second-order valence-electron chi connectivity index (χ2n) is 6.74. The lowest BCUT2D eigenvalue weighted by Crippen LogP contribution is -2.30. The first-order valence-electron chi connectivity index (χ1n) is 9.64. The van der Waals surface area contributed by atoms with Gasteiger partial charge in [-0.2, -0.15) is 4.31 Å². The van der Waals surface area contributed by atoms with E-state index in [1.807, 2.05) is 30.3 Å². The third-order valence-corrected chi connectivity index (χ3v) is 6.64. The van der Waals surface area contributed by atoms with Gasteiger partial charge in [0, 0.05) is 18.8 Å².